The third-order valence-electron chi connectivity index (χ3n) is 4.70. The van der Waals surface area contributed by atoms with Gasteiger partial charge >= 0.3 is 0 Å². The Hall–Kier alpha value is -2.44. The van der Waals surface area contributed by atoms with Gasteiger partial charge in [0.1, 0.15) is 16.5 Å². The fourth-order valence-corrected chi connectivity index (χ4v) is 4.84. The van der Waals surface area contributed by atoms with Crippen LogP contribution in [0.3, 0.4) is 0 Å². The minimum Gasteiger partial charge on any atom is -0.497 e. The van der Waals surface area contributed by atoms with Gasteiger partial charge < -0.3 is 15.0 Å². The lowest BCUT2D eigenvalue weighted by Gasteiger charge is -2.10. The van der Waals surface area contributed by atoms with E-state index in [0.717, 1.165) is 17.0 Å². The van der Waals surface area contributed by atoms with Gasteiger partial charge in [0.05, 0.1) is 12.0 Å². The second-order valence-corrected chi connectivity index (χ2v) is 8.64. The lowest BCUT2D eigenvalue weighted by molar-refractivity contribution is 0.414. The Morgan fingerprint density at radius 2 is 1.63 bits per heavy atom. The first-order chi connectivity index (χ1) is 12.8. The number of hydrogen-bond donors (Lipinski definition) is 1. The van der Waals surface area contributed by atoms with E-state index in [0.29, 0.717) is 17.1 Å². The van der Waals surface area contributed by atoms with E-state index in [-0.39, 0.29) is 15.6 Å². The summed E-state index contributed by atoms with van der Waals surface area (Å²) < 4.78 is 33.3. The van der Waals surface area contributed by atoms with Crippen LogP contribution in [0, 0.1) is 13.8 Å². The van der Waals surface area contributed by atoms with Gasteiger partial charge in [0.15, 0.2) is 0 Å². The van der Waals surface area contributed by atoms with Crippen molar-refractivity contribution in [2.75, 3.05) is 12.8 Å². The van der Waals surface area contributed by atoms with Crippen LogP contribution in [-0.4, -0.2) is 20.1 Å². The maximum absolute atomic E-state index is 13.1. The zero-order chi connectivity index (χ0) is 19.8. The molecule has 0 unspecified atom stereocenters. The summed E-state index contributed by atoms with van der Waals surface area (Å²) in [5.41, 5.74) is 8.76. The quantitative estimate of drug-likeness (QED) is 0.690. The van der Waals surface area contributed by atoms with Gasteiger partial charge in [-0.2, -0.15) is 0 Å². The van der Waals surface area contributed by atoms with Gasteiger partial charge in [-0.1, -0.05) is 23.7 Å². The highest BCUT2D eigenvalue weighted by Gasteiger charge is 2.28. The molecule has 0 spiro atoms. The van der Waals surface area contributed by atoms with Crippen LogP contribution in [0.2, 0.25) is 5.02 Å². The van der Waals surface area contributed by atoms with Crippen molar-refractivity contribution in [1.29, 1.82) is 0 Å². The zero-order valence-corrected chi connectivity index (χ0v) is 16.9. The molecule has 3 rings (SSSR count). The van der Waals surface area contributed by atoms with Crippen LogP contribution in [0.25, 0.3) is 0 Å². The summed E-state index contributed by atoms with van der Waals surface area (Å²) in [6.07, 6.45) is 0. The largest absolute Gasteiger partial charge is 0.497 e. The standard InChI is InChI=1S/C20H21ClN2O3S/c1-13-14(2)23(12-15-4-8-17(26-3)9-5-15)20(22)19(13)27(24,25)18-10-6-16(21)7-11-18/h4-11H,12,22H2,1-3H3. The third kappa shape index (κ3) is 3.55. The van der Waals surface area contributed by atoms with Crippen LogP contribution in [0.4, 0.5) is 5.82 Å². The van der Waals surface area contributed by atoms with E-state index in [2.05, 4.69) is 0 Å². The molecule has 0 radical (unpaired) electrons. The van der Waals surface area contributed by atoms with Crippen LogP contribution in [-0.2, 0) is 16.4 Å². The minimum absolute atomic E-state index is 0.149. The Labute approximate surface area is 164 Å². The first-order valence-corrected chi connectivity index (χ1v) is 10.2. The molecule has 1 aromatic heterocycles. The van der Waals surface area contributed by atoms with Crippen molar-refractivity contribution in [3.05, 3.63) is 70.4 Å². The number of sulfone groups is 1. The molecule has 3 aromatic rings. The molecule has 27 heavy (non-hydrogen) atoms. The first-order valence-electron chi connectivity index (χ1n) is 8.34. The molecule has 142 valence electrons. The van der Waals surface area contributed by atoms with Gasteiger partial charge in [-0.05, 0) is 61.4 Å². The van der Waals surface area contributed by atoms with Crippen molar-refractivity contribution in [2.45, 2.75) is 30.2 Å². The SMILES string of the molecule is COc1ccc(Cn2c(C)c(C)c(S(=O)(=O)c3ccc(Cl)cc3)c2N)cc1. The highest BCUT2D eigenvalue weighted by Crippen LogP contribution is 2.34. The van der Waals surface area contributed by atoms with Crippen molar-refractivity contribution < 1.29 is 13.2 Å². The summed E-state index contributed by atoms with van der Waals surface area (Å²) in [7, 11) is -2.13. The number of ether oxygens (including phenoxy) is 1. The second kappa shape index (κ2) is 7.29. The lowest BCUT2D eigenvalue weighted by atomic mass is 10.2. The number of aromatic nitrogens is 1. The fraction of sp³-hybridized carbons (Fsp3) is 0.200. The van der Waals surface area contributed by atoms with Crippen molar-refractivity contribution in [3.63, 3.8) is 0 Å². The molecule has 0 atom stereocenters. The number of anilines is 1. The maximum Gasteiger partial charge on any atom is 0.210 e. The van der Waals surface area contributed by atoms with Crippen LogP contribution >= 0.6 is 11.6 Å². The van der Waals surface area contributed by atoms with E-state index in [9.17, 15) is 8.42 Å². The predicted molar refractivity (Wildman–Crippen MR) is 107 cm³/mol. The Bertz CT molecular complexity index is 1070. The summed E-state index contributed by atoms with van der Waals surface area (Å²) in [6.45, 7) is 4.12. The molecule has 2 N–H and O–H groups in total. The van der Waals surface area contributed by atoms with E-state index in [1.165, 1.54) is 12.1 Å². The predicted octanol–water partition coefficient (Wildman–Crippen LogP) is 4.23. The molecule has 1 heterocycles. The molecule has 0 saturated carbocycles. The topological polar surface area (TPSA) is 74.3 Å². The fourth-order valence-electron chi connectivity index (χ4n) is 3.05. The molecule has 5 nitrogen and oxygen atoms in total. The molecule has 0 aliphatic heterocycles. The van der Waals surface area contributed by atoms with Gasteiger partial charge in [0.2, 0.25) is 9.84 Å². The van der Waals surface area contributed by atoms with Crippen LogP contribution < -0.4 is 10.5 Å². The average Bonchev–Trinajstić information content (AvgIpc) is 2.86. The number of nitrogens with zero attached hydrogens (tertiary/aromatic N) is 1. The molecular formula is C20H21ClN2O3S. The van der Waals surface area contributed by atoms with Gasteiger partial charge in [0, 0.05) is 17.3 Å². The van der Waals surface area contributed by atoms with E-state index in [4.69, 9.17) is 22.1 Å². The monoisotopic (exact) mass is 404 g/mol. The second-order valence-electron chi connectivity index (χ2n) is 6.32. The summed E-state index contributed by atoms with van der Waals surface area (Å²) in [5.74, 6) is 0.994. The number of hydrogen-bond acceptors (Lipinski definition) is 4. The highest BCUT2D eigenvalue weighted by atomic mass is 35.5. The van der Waals surface area contributed by atoms with Gasteiger partial charge in [-0.3, -0.25) is 0 Å². The molecule has 7 heteroatoms. The molecule has 0 aliphatic carbocycles. The lowest BCUT2D eigenvalue weighted by Crippen LogP contribution is -2.09. The number of nitrogens with two attached hydrogens (primary N) is 1. The summed E-state index contributed by atoms with van der Waals surface area (Å²) >= 11 is 5.88. The van der Waals surface area contributed by atoms with Gasteiger partial charge in [0.25, 0.3) is 0 Å². The van der Waals surface area contributed by atoms with E-state index < -0.39 is 9.84 Å². The Morgan fingerprint density at radius 1 is 1.04 bits per heavy atom. The number of benzene rings is 2. The number of methoxy groups -OCH3 is 1. The first kappa shape index (κ1) is 19.3. The molecule has 2 aromatic carbocycles. The van der Waals surface area contributed by atoms with E-state index >= 15 is 0 Å². The molecule has 0 bridgehead atoms. The molecule has 0 fully saturated rings. The maximum atomic E-state index is 13.1. The smallest absolute Gasteiger partial charge is 0.210 e. The van der Waals surface area contributed by atoms with Crippen LogP contribution in [0.15, 0.2) is 58.3 Å². The number of halogens is 1. The highest BCUT2D eigenvalue weighted by molar-refractivity contribution is 7.91. The third-order valence-corrected chi connectivity index (χ3v) is 6.90. The van der Waals surface area contributed by atoms with Crippen molar-refractivity contribution >= 4 is 27.3 Å². The van der Waals surface area contributed by atoms with Crippen molar-refractivity contribution in [1.82, 2.24) is 4.57 Å². The Morgan fingerprint density at radius 3 is 2.19 bits per heavy atom. The number of rotatable bonds is 5. The van der Waals surface area contributed by atoms with E-state index in [1.807, 2.05) is 35.8 Å². The molecule has 0 amide bonds. The van der Waals surface area contributed by atoms with Gasteiger partial charge in [-0.25, -0.2) is 8.42 Å². The summed E-state index contributed by atoms with van der Waals surface area (Å²) in [5, 5.41) is 0.479. The molecule has 0 saturated heterocycles. The summed E-state index contributed by atoms with van der Waals surface area (Å²) in [6, 6.07) is 13.7. The van der Waals surface area contributed by atoms with Gasteiger partial charge in [-0.15, -0.1) is 0 Å². The van der Waals surface area contributed by atoms with Crippen LogP contribution in [0.5, 0.6) is 5.75 Å². The summed E-state index contributed by atoms with van der Waals surface area (Å²) in [4.78, 5) is 0.319. The molecular weight excluding hydrogens is 384 g/mol. The minimum atomic E-state index is -3.75. The number of nitrogen functional groups attached to an aromatic ring is 1. The van der Waals surface area contributed by atoms with Crippen molar-refractivity contribution in [3.8, 4) is 5.75 Å². The Balaban J connectivity index is 2.05. The van der Waals surface area contributed by atoms with Crippen molar-refractivity contribution in [2.24, 2.45) is 0 Å². The zero-order valence-electron chi connectivity index (χ0n) is 15.4. The van der Waals surface area contributed by atoms with E-state index in [1.54, 1.807) is 26.2 Å². The Kier molecular flexibility index (Phi) is 5.22. The normalized spacial score (nSPS) is 11.6. The molecule has 0 aliphatic rings. The van der Waals surface area contributed by atoms with Crippen LogP contribution in [0.1, 0.15) is 16.8 Å². The average molecular weight is 405 g/mol.